The van der Waals surface area contributed by atoms with Gasteiger partial charge in [-0.15, -0.1) is 0 Å². The fourth-order valence-electron chi connectivity index (χ4n) is 1.59. The van der Waals surface area contributed by atoms with Crippen molar-refractivity contribution in [3.8, 4) is 0 Å². The Labute approximate surface area is 115 Å². The molecule has 0 aliphatic rings. The highest BCUT2D eigenvalue weighted by Gasteiger charge is 2.15. The van der Waals surface area contributed by atoms with Crippen LogP contribution in [-0.4, -0.2) is 17.7 Å². The first-order chi connectivity index (χ1) is 8.76. The average molecular weight is 264 g/mol. The van der Waals surface area contributed by atoms with Crippen molar-refractivity contribution in [2.45, 2.75) is 52.8 Å². The van der Waals surface area contributed by atoms with Crippen molar-refractivity contribution in [2.24, 2.45) is 0 Å². The Kier molecular flexibility index (Phi) is 5.21. The minimum absolute atomic E-state index is 0.383. The molecule has 19 heavy (non-hydrogen) atoms. The summed E-state index contributed by atoms with van der Waals surface area (Å²) in [4.78, 5) is 11.5. The van der Waals surface area contributed by atoms with Crippen molar-refractivity contribution in [1.82, 2.24) is 5.32 Å². The number of anilines is 1. The van der Waals surface area contributed by atoms with Gasteiger partial charge in [-0.3, -0.25) is 0 Å². The Balaban J connectivity index is 2.51. The van der Waals surface area contributed by atoms with Crippen LogP contribution in [0.1, 0.15) is 40.2 Å². The van der Waals surface area contributed by atoms with E-state index < -0.39 is 11.7 Å². The molecule has 0 saturated carbocycles. The third-order valence-corrected chi connectivity index (χ3v) is 2.22. The molecule has 1 amide bonds. The normalized spacial score (nSPS) is 11.3. The molecule has 1 aromatic rings. The first kappa shape index (κ1) is 15.3. The molecular weight excluding hydrogens is 240 g/mol. The van der Waals surface area contributed by atoms with Gasteiger partial charge in [0.05, 0.1) is 0 Å². The Morgan fingerprint density at radius 3 is 2.58 bits per heavy atom. The molecule has 106 valence electrons. The maximum atomic E-state index is 11.5. The van der Waals surface area contributed by atoms with Crippen LogP contribution in [0.3, 0.4) is 0 Å². The van der Waals surface area contributed by atoms with Gasteiger partial charge in [-0.05, 0) is 52.3 Å². The Morgan fingerprint density at radius 2 is 2.00 bits per heavy atom. The molecule has 0 fully saturated rings. The number of alkyl carbamates (subject to hydrolysis) is 1. The maximum absolute atomic E-state index is 11.5. The quantitative estimate of drug-likeness (QED) is 0.874. The number of carbonyl (C=O) groups excluding carboxylic acids is 1. The zero-order valence-electron chi connectivity index (χ0n) is 12.4. The maximum Gasteiger partial charge on any atom is 0.407 e. The van der Waals surface area contributed by atoms with E-state index in [9.17, 15) is 4.79 Å². The molecule has 1 rings (SSSR count). The Bertz CT molecular complexity index is 422. The van der Waals surface area contributed by atoms with Crippen molar-refractivity contribution in [3.63, 3.8) is 0 Å². The number of nitrogens with one attached hydrogen (secondary N) is 2. The number of carbonyl (C=O) groups is 1. The van der Waals surface area contributed by atoms with E-state index in [0.29, 0.717) is 12.6 Å². The molecule has 0 aromatic heterocycles. The molecule has 0 atom stereocenters. The van der Waals surface area contributed by atoms with Crippen molar-refractivity contribution in [1.29, 1.82) is 0 Å². The second-order valence-electron chi connectivity index (χ2n) is 5.85. The smallest absolute Gasteiger partial charge is 0.407 e. The fraction of sp³-hybridized carbons (Fsp3) is 0.533. The molecule has 0 aliphatic carbocycles. The number of ether oxygens (including phenoxy) is 1. The molecule has 0 spiro atoms. The highest BCUT2D eigenvalue weighted by Crippen LogP contribution is 2.12. The molecule has 0 unspecified atom stereocenters. The summed E-state index contributed by atoms with van der Waals surface area (Å²) in [5, 5.41) is 6.07. The van der Waals surface area contributed by atoms with Gasteiger partial charge in [-0.25, -0.2) is 4.79 Å². The van der Waals surface area contributed by atoms with Gasteiger partial charge in [0.25, 0.3) is 0 Å². The SMILES string of the molecule is CC(C)Nc1cccc(CNC(=O)OC(C)(C)C)c1. The summed E-state index contributed by atoms with van der Waals surface area (Å²) < 4.78 is 5.19. The summed E-state index contributed by atoms with van der Waals surface area (Å²) in [6.07, 6.45) is -0.394. The van der Waals surface area contributed by atoms with Gasteiger partial charge >= 0.3 is 6.09 Å². The van der Waals surface area contributed by atoms with Gasteiger partial charge in [-0.2, -0.15) is 0 Å². The minimum atomic E-state index is -0.467. The first-order valence-corrected chi connectivity index (χ1v) is 6.58. The molecule has 0 aliphatic heterocycles. The molecule has 0 saturated heterocycles. The zero-order valence-corrected chi connectivity index (χ0v) is 12.4. The summed E-state index contributed by atoms with van der Waals surface area (Å²) in [7, 11) is 0. The van der Waals surface area contributed by atoms with E-state index >= 15 is 0 Å². The Hall–Kier alpha value is -1.71. The van der Waals surface area contributed by atoms with Crippen molar-refractivity contribution < 1.29 is 9.53 Å². The lowest BCUT2D eigenvalue weighted by Gasteiger charge is -2.19. The molecule has 4 nitrogen and oxygen atoms in total. The molecule has 2 N–H and O–H groups in total. The van der Waals surface area contributed by atoms with E-state index in [-0.39, 0.29) is 0 Å². The molecule has 0 heterocycles. The van der Waals surface area contributed by atoms with Gasteiger partial charge in [0, 0.05) is 18.3 Å². The fourth-order valence-corrected chi connectivity index (χ4v) is 1.59. The number of hydrogen-bond acceptors (Lipinski definition) is 3. The summed E-state index contributed by atoms with van der Waals surface area (Å²) in [5.41, 5.74) is 1.63. The molecule has 4 heteroatoms. The predicted octanol–water partition coefficient (Wildman–Crippen LogP) is 3.53. The number of rotatable bonds is 4. The lowest BCUT2D eigenvalue weighted by atomic mass is 10.2. The second kappa shape index (κ2) is 6.45. The van der Waals surface area contributed by atoms with Gasteiger partial charge in [0.15, 0.2) is 0 Å². The van der Waals surface area contributed by atoms with Crippen LogP contribution >= 0.6 is 0 Å². The van der Waals surface area contributed by atoms with Gasteiger partial charge < -0.3 is 15.4 Å². The van der Waals surface area contributed by atoms with Crippen LogP contribution in [0.5, 0.6) is 0 Å². The van der Waals surface area contributed by atoms with E-state index in [1.807, 2.05) is 45.0 Å². The summed E-state index contributed by atoms with van der Waals surface area (Å²) in [6.45, 7) is 10.2. The van der Waals surface area contributed by atoms with Crippen LogP contribution in [0.4, 0.5) is 10.5 Å². The van der Waals surface area contributed by atoms with Crippen molar-refractivity contribution >= 4 is 11.8 Å². The summed E-state index contributed by atoms with van der Waals surface area (Å²) in [6, 6.07) is 8.36. The van der Waals surface area contributed by atoms with Crippen LogP contribution < -0.4 is 10.6 Å². The monoisotopic (exact) mass is 264 g/mol. The van der Waals surface area contributed by atoms with Crippen LogP contribution in [-0.2, 0) is 11.3 Å². The van der Waals surface area contributed by atoms with Crippen LogP contribution in [0.25, 0.3) is 0 Å². The van der Waals surface area contributed by atoms with Crippen molar-refractivity contribution in [3.05, 3.63) is 29.8 Å². The Morgan fingerprint density at radius 1 is 1.32 bits per heavy atom. The molecule has 1 aromatic carbocycles. The standard InChI is InChI=1S/C15H24N2O2/c1-11(2)17-13-8-6-7-12(9-13)10-16-14(18)19-15(3,4)5/h6-9,11,17H,10H2,1-5H3,(H,16,18). The molecule has 0 bridgehead atoms. The van der Waals surface area contributed by atoms with Gasteiger partial charge in [0.1, 0.15) is 5.60 Å². The summed E-state index contributed by atoms with van der Waals surface area (Å²) in [5.74, 6) is 0. The number of amides is 1. The third kappa shape index (κ3) is 6.70. The zero-order chi connectivity index (χ0) is 14.5. The third-order valence-electron chi connectivity index (χ3n) is 2.22. The van der Waals surface area contributed by atoms with E-state index in [1.54, 1.807) is 0 Å². The van der Waals surface area contributed by atoms with E-state index in [2.05, 4.69) is 24.5 Å². The number of benzene rings is 1. The van der Waals surface area contributed by atoms with E-state index in [0.717, 1.165) is 11.3 Å². The van der Waals surface area contributed by atoms with E-state index in [1.165, 1.54) is 0 Å². The highest BCUT2D eigenvalue weighted by atomic mass is 16.6. The lowest BCUT2D eigenvalue weighted by Crippen LogP contribution is -2.32. The topological polar surface area (TPSA) is 50.4 Å². The minimum Gasteiger partial charge on any atom is -0.444 e. The number of hydrogen-bond donors (Lipinski definition) is 2. The largest absolute Gasteiger partial charge is 0.444 e. The first-order valence-electron chi connectivity index (χ1n) is 6.58. The van der Waals surface area contributed by atoms with Gasteiger partial charge in [0.2, 0.25) is 0 Å². The van der Waals surface area contributed by atoms with Crippen molar-refractivity contribution in [2.75, 3.05) is 5.32 Å². The predicted molar refractivity (Wildman–Crippen MR) is 78.3 cm³/mol. The second-order valence-corrected chi connectivity index (χ2v) is 5.85. The molecule has 0 radical (unpaired) electrons. The van der Waals surface area contributed by atoms with Gasteiger partial charge in [-0.1, -0.05) is 12.1 Å². The highest BCUT2D eigenvalue weighted by molar-refractivity contribution is 5.67. The van der Waals surface area contributed by atoms with Crippen LogP contribution in [0.2, 0.25) is 0 Å². The van der Waals surface area contributed by atoms with Crippen LogP contribution in [0, 0.1) is 0 Å². The van der Waals surface area contributed by atoms with Crippen LogP contribution in [0.15, 0.2) is 24.3 Å². The lowest BCUT2D eigenvalue weighted by molar-refractivity contribution is 0.0523. The summed E-state index contributed by atoms with van der Waals surface area (Å²) >= 11 is 0. The molecular formula is C15H24N2O2. The van der Waals surface area contributed by atoms with E-state index in [4.69, 9.17) is 4.74 Å². The average Bonchev–Trinajstić information content (AvgIpc) is 2.23.